The van der Waals surface area contributed by atoms with Gasteiger partial charge < -0.3 is 5.32 Å². The Morgan fingerprint density at radius 3 is 2.78 bits per heavy atom. The van der Waals surface area contributed by atoms with Crippen molar-refractivity contribution < 1.29 is 0 Å². The highest BCUT2D eigenvalue weighted by atomic mass is 32.1. The third kappa shape index (κ3) is 2.95. The zero-order chi connectivity index (χ0) is 15.6. The second kappa shape index (κ2) is 6.28. The summed E-state index contributed by atoms with van der Waals surface area (Å²) in [5.41, 5.74) is 2.85. The summed E-state index contributed by atoms with van der Waals surface area (Å²) in [4.78, 5) is 12.1. The number of hydrogen-bond donors (Lipinski definition) is 1. The van der Waals surface area contributed by atoms with E-state index >= 15 is 0 Å². The summed E-state index contributed by atoms with van der Waals surface area (Å²) in [5.74, 6) is 1.89. The first-order chi connectivity index (χ1) is 11.3. The van der Waals surface area contributed by atoms with Crippen molar-refractivity contribution in [3.05, 3.63) is 52.2 Å². The molecule has 1 aliphatic rings. The Balaban J connectivity index is 1.62. The van der Waals surface area contributed by atoms with Gasteiger partial charge in [-0.05, 0) is 50.2 Å². The number of benzene rings is 1. The summed E-state index contributed by atoms with van der Waals surface area (Å²) < 4.78 is 0. The van der Waals surface area contributed by atoms with Crippen LogP contribution in [0, 0.1) is 6.92 Å². The van der Waals surface area contributed by atoms with Crippen LogP contribution in [0.25, 0.3) is 10.2 Å². The summed E-state index contributed by atoms with van der Waals surface area (Å²) in [5, 5.41) is 4.85. The molecule has 2 heterocycles. The zero-order valence-electron chi connectivity index (χ0n) is 13.4. The van der Waals surface area contributed by atoms with Gasteiger partial charge in [-0.25, -0.2) is 9.97 Å². The van der Waals surface area contributed by atoms with Crippen LogP contribution in [0.4, 0.5) is 5.82 Å². The van der Waals surface area contributed by atoms with Crippen LogP contribution in [0.1, 0.15) is 34.7 Å². The van der Waals surface area contributed by atoms with E-state index in [9.17, 15) is 0 Å². The summed E-state index contributed by atoms with van der Waals surface area (Å²) in [6, 6.07) is 10.6. The number of fused-ring (bicyclic) bond motifs is 3. The smallest absolute Gasteiger partial charge is 0.138 e. The van der Waals surface area contributed by atoms with Gasteiger partial charge in [-0.2, -0.15) is 0 Å². The molecule has 3 nitrogen and oxygen atoms in total. The monoisotopic (exact) mass is 323 g/mol. The maximum Gasteiger partial charge on any atom is 0.138 e. The molecule has 0 saturated heterocycles. The molecule has 0 amide bonds. The number of thiophene rings is 1. The molecule has 4 heteroatoms. The Morgan fingerprint density at radius 1 is 1.09 bits per heavy atom. The molecule has 0 aliphatic heterocycles. The van der Waals surface area contributed by atoms with Crippen molar-refractivity contribution in [3.8, 4) is 0 Å². The van der Waals surface area contributed by atoms with E-state index in [2.05, 4.69) is 40.6 Å². The van der Waals surface area contributed by atoms with E-state index in [0.717, 1.165) is 29.4 Å². The van der Waals surface area contributed by atoms with Crippen molar-refractivity contribution in [3.63, 3.8) is 0 Å². The summed E-state index contributed by atoms with van der Waals surface area (Å²) >= 11 is 1.87. The highest BCUT2D eigenvalue weighted by Crippen LogP contribution is 2.38. The summed E-state index contributed by atoms with van der Waals surface area (Å²) in [7, 11) is 0. The molecule has 3 aromatic rings. The fraction of sp³-hybridized carbons (Fsp3) is 0.368. The molecule has 0 spiro atoms. The number of aryl methyl sites for hydroxylation is 3. The lowest BCUT2D eigenvalue weighted by atomic mass is 9.97. The standard InChI is InChI=1S/C19H21N3S/c1-13-21-18(20-12-11-14-7-3-2-4-8-14)17-15-9-5-6-10-16(15)23-19(17)22-13/h2-4,7-8H,5-6,9-12H2,1H3,(H,20,21,22). The van der Waals surface area contributed by atoms with Gasteiger partial charge in [-0.3, -0.25) is 0 Å². The molecule has 0 radical (unpaired) electrons. The maximum atomic E-state index is 4.70. The van der Waals surface area contributed by atoms with Crippen LogP contribution in [0.2, 0.25) is 0 Å². The largest absolute Gasteiger partial charge is 0.369 e. The molecule has 4 rings (SSSR count). The fourth-order valence-electron chi connectivity index (χ4n) is 3.36. The second-order valence-electron chi connectivity index (χ2n) is 6.17. The number of hydrogen-bond acceptors (Lipinski definition) is 4. The minimum Gasteiger partial charge on any atom is -0.369 e. The lowest BCUT2D eigenvalue weighted by Gasteiger charge is -2.13. The topological polar surface area (TPSA) is 37.8 Å². The first-order valence-electron chi connectivity index (χ1n) is 8.38. The van der Waals surface area contributed by atoms with Crippen molar-refractivity contribution in [1.82, 2.24) is 9.97 Å². The Hall–Kier alpha value is -1.94. The predicted molar refractivity (Wildman–Crippen MR) is 97.4 cm³/mol. The second-order valence-corrected chi connectivity index (χ2v) is 7.26. The molecule has 0 fully saturated rings. The molecule has 0 atom stereocenters. The van der Waals surface area contributed by atoms with Crippen LogP contribution in [-0.4, -0.2) is 16.5 Å². The third-order valence-corrected chi connectivity index (χ3v) is 5.66. The van der Waals surface area contributed by atoms with Gasteiger partial charge in [-0.1, -0.05) is 30.3 Å². The predicted octanol–water partition coefficient (Wildman–Crippen LogP) is 4.53. The fourth-order valence-corrected chi connectivity index (χ4v) is 4.67. The van der Waals surface area contributed by atoms with Crippen molar-refractivity contribution in [2.75, 3.05) is 11.9 Å². The Labute approximate surface area is 140 Å². The van der Waals surface area contributed by atoms with Gasteiger partial charge in [0.25, 0.3) is 0 Å². The van der Waals surface area contributed by atoms with Gasteiger partial charge >= 0.3 is 0 Å². The Morgan fingerprint density at radius 2 is 1.91 bits per heavy atom. The van der Waals surface area contributed by atoms with E-state index in [0.29, 0.717) is 0 Å². The quantitative estimate of drug-likeness (QED) is 0.766. The van der Waals surface area contributed by atoms with Crippen molar-refractivity contribution >= 4 is 27.4 Å². The number of nitrogens with one attached hydrogen (secondary N) is 1. The first kappa shape index (κ1) is 14.6. The molecule has 2 aromatic heterocycles. The molecular weight excluding hydrogens is 302 g/mol. The van der Waals surface area contributed by atoms with E-state index in [1.54, 1.807) is 0 Å². The normalized spacial score (nSPS) is 14.0. The molecule has 118 valence electrons. The minimum atomic E-state index is 0.860. The highest BCUT2D eigenvalue weighted by molar-refractivity contribution is 7.19. The molecule has 1 aliphatic carbocycles. The van der Waals surface area contributed by atoms with Crippen molar-refractivity contribution in [1.29, 1.82) is 0 Å². The number of anilines is 1. The Bertz CT molecular complexity index is 823. The van der Waals surface area contributed by atoms with Crippen LogP contribution in [0.3, 0.4) is 0 Å². The van der Waals surface area contributed by atoms with Gasteiger partial charge in [0.2, 0.25) is 0 Å². The lowest BCUT2D eigenvalue weighted by Crippen LogP contribution is -2.08. The van der Waals surface area contributed by atoms with Crippen molar-refractivity contribution in [2.24, 2.45) is 0 Å². The average molecular weight is 323 g/mol. The van der Waals surface area contributed by atoms with Gasteiger partial charge in [0, 0.05) is 11.4 Å². The Kier molecular flexibility index (Phi) is 4.00. The summed E-state index contributed by atoms with van der Waals surface area (Å²) in [6.45, 7) is 2.89. The third-order valence-electron chi connectivity index (χ3n) is 4.48. The highest BCUT2D eigenvalue weighted by Gasteiger charge is 2.20. The van der Waals surface area contributed by atoms with Gasteiger partial charge in [0.15, 0.2) is 0 Å². The molecule has 0 bridgehead atoms. The van der Waals surface area contributed by atoms with Gasteiger partial charge in [-0.15, -0.1) is 11.3 Å². The lowest BCUT2D eigenvalue weighted by molar-refractivity contribution is 0.700. The van der Waals surface area contributed by atoms with E-state index < -0.39 is 0 Å². The SMILES string of the molecule is Cc1nc(NCCc2ccccc2)c2c3c(sc2n1)CCCC3. The molecule has 1 aromatic carbocycles. The number of nitrogens with zero attached hydrogens (tertiary/aromatic N) is 2. The number of rotatable bonds is 4. The van der Waals surface area contributed by atoms with Crippen LogP contribution < -0.4 is 5.32 Å². The van der Waals surface area contributed by atoms with E-state index in [1.165, 1.54) is 47.1 Å². The van der Waals surface area contributed by atoms with Crippen LogP contribution in [0.5, 0.6) is 0 Å². The minimum absolute atomic E-state index is 0.860. The molecule has 23 heavy (non-hydrogen) atoms. The van der Waals surface area contributed by atoms with Crippen LogP contribution >= 0.6 is 11.3 Å². The molecule has 0 unspecified atom stereocenters. The zero-order valence-corrected chi connectivity index (χ0v) is 14.2. The van der Waals surface area contributed by atoms with Crippen molar-refractivity contribution in [2.45, 2.75) is 39.0 Å². The van der Waals surface area contributed by atoms with Gasteiger partial charge in [0.05, 0.1) is 5.39 Å². The molecule has 1 N–H and O–H groups in total. The van der Waals surface area contributed by atoms with E-state index in [1.807, 2.05) is 18.3 Å². The number of aromatic nitrogens is 2. The average Bonchev–Trinajstić information content (AvgIpc) is 2.93. The molecular formula is C19H21N3S. The first-order valence-corrected chi connectivity index (χ1v) is 9.19. The van der Waals surface area contributed by atoms with E-state index in [4.69, 9.17) is 4.98 Å². The van der Waals surface area contributed by atoms with Gasteiger partial charge in [0.1, 0.15) is 16.5 Å². The van der Waals surface area contributed by atoms with Crippen LogP contribution in [-0.2, 0) is 19.3 Å². The van der Waals surface area contributed by atoms with E-state index in [-0.39, 0.29) is 0 Å². The molecule has 0 saturated carbocycles. The maximum absolute atomic E-state index is 4.70. The summed E-state index contributed by atoms with van der Waals surface area (Å²) in [6.07, 6.45) is 5.99. The van der Waals surface area contributed by atoms with Crippen LogP contribution in [0.15, 0.2) is 30.3 Å².